The molecule has 2 heterocycles. The first-order chi connectivity index (χ1) is 9.15. The van der Waals surface area contributed by atoms with Crippen LogP contribution in [0.4, 0.5) is 5.82 Å². The van der Waals surface area contributed by atoms with Crippen LogP contribution in [0.1, 0.15) is 0 Å². The zero-order chi connectivity index (χ0) is 13.5. The number of benzene rings is 1. The molecule has 1 aliphatic heterocycles. The second-order valence-electron chi connectivity index (χ2n) is 5.03. The summed E-state index contributed by atoms with van der Waals surface area (Å²) in [6.07, 6.45) is 1.73. The van der Waals surface area contributed by atoms with Gasteiger partial charge in [-0.2, -0.15) is 0 Å². The summed E-state index contributed by atoms with van der Waals surface area (Å²) < 4.78 is 0.968. The molecule has 0 amide bonds. The van der Waals surface area contributed by atoms with Gasteiger partial charge in [0.05, 0.1) is 35.9 Å². The number of rotatable bonds is 3. The Hall–Kier alpha value is -1.24. The van der Waals surface area contributed by atoms with Gasteiger partial charge < -0.3 is 15.1 Å². The zero-order valence-corrected chi connectivity index (χ0v) is 11.8. The van der Waals surface area contributed by atoms with Crippen molar-refractivity contribution in [1.82, 2.24) is 9.97 Å². The van der Waals surface area contributed by atoms with Crippen LogP contribution >= 0.6 is 15.9 Å². The molecule has 6 heteroatoms. The van der Waals surface area contributed by atoms with Crippen molar-refractivity contribution in [2.75, 3.05) is 31.2 Å². The fraction of sp³-hybridized carbons (Fsp3) is 0.385. The van der Waals surface area contributed by atoms with E-state index < -0.39 is 5.41 Å². The summed E-state index contributed by atoms with van der Waals surface area (Å²) in [6, 6.07) is 5.78. The van der Waals surface area contributed by atoms with E-state index in [-0.39, 0.29) is 13.2 Å². The third-order valence-electron chi connectivity index (χ3n) is 3.54. The Balaban J connectivity index is 1.87. The average Bonchev–Trinajstić information content (AvgIpc) is 2.38. The van der Waals surface area contributed by atoms with E-state index in [2.05, 4.69) is 25.9 Å². The number of fused-ring (bicyclic) bond motifs is 1. The highest BCUT2D eigenvalue weighted by atomic mass is 79.9. The lowest BCUT2D eigenvalue weighted by atomic mass is 9.81. The molecule has 1 fully saturated rings. The third kappa shape index (κ3) is 2.20. The van der Waals surface area contributed by atoms with Gasteiger partial charge in [0.25, 0.3) is 0 Å². The van der Waals surface area contributed by atoms with Crippen molar-refractivity contribution in [1.29, 1.82) is 0 Å². The summed E-state index contributed by atoms with van der Waals surface area (Å²) in [5.41, 5.74) is 1.29. The Morgan fingerprint density at radius 2 is 1.95 bits per heavy atom. The molecule has 1 saturated heterocycles. The minimum absolute atomic E-state index is 0.00738. The monoisotopic (exact) mass is 323 g/mol. The SMILES string of the molecule is OCC1(CO)CN(c2cnc3ccc(Br)cc3n2)C1. The Morgan fingerprint density at radius 1 is 1.21 bits per heavy atom. The van der Waals surface area contributed by atoms with Crippen LogP contribution in [0.25, 0.3) is 11.0 Å². The Kier molecular flexibility index (Phi) is 3.16. The van der Waals surface area contributed by atoms with Crippen molar-refractivity contribution < 1.29 is 10.2 Å². The standard InChI is InChI=1S/C13H14BrN3O2/c14-9-1-2-10-11(3-9)16-12(4-15-10)17-5-13(6-17,7-18)8-19/h1-4,18-19H,5-8H2. The van der Waals surface area contributed by atoms with E-state index in [1.807, 2.05) is 23.1 Å². The molecule has 1 aliphatic rings. The van der Waals surface area contributed by atoms with Crippen LogP contribution < -0.4 is 4.90 Å². The lowest BCUT2D eigenvalue weighted by Crippen LogP contribution is -2.60. The van der Waals surface area contributed by atoms with Gasteiger partial charge in [-0.1, -0.05) is 15.9 Å². The van der Waals surface area contributed by atoms with Crippen molar-refractivity contribution in [3.8, 4) is 0 Å². The molecule has 0 spiro atoms. The number of aliphatic hydroxyl groups is 2. The zero-order valence-electron chi connectivity index (χ0n) is 10.3. The van der Waals surface area contributed by atoms with E-state index in [0.29, 0.717) is 13.1 Å². The molecule has 3 rings (SSSR count). The topological polar surface area (TPSA) is 69.5 Å². The largest absolute Gasteiger partial charge is 0.396 e. The van der Waals surface area contributed by atoms with Gasteiger partial charge in [-0.15, -0.1) is 0 Å². The summed E-state index contributed by atoms with van der Waals surface area (Å²) in [5.74, 6) is 0.781. The maximum absolute atomic E-state index is 9.28. The number of aromatic nitrogens is 2. The molecule has 1 aromatic heterocycles. The fourth-order valence-corrected chi connectivity index (χ4v) is 2.65. The quantitative estimate of drug-likeness (QED) is 0.887. The predicted octanol–water partition coefficient (Wildman–Crippen LogP) is 1.18. The maximum atomic E-state index is 9.28. The fourth-order valence-electron chi connectivity index (χ4n) is 2.30. The van der Waals surface area contributed by atoms with Crippen LogP contribution in [-0.4, -0.2) is 46.5 Å². The number of hydrogen-bond donors (Lipinski definition) is 2. The smallest absolute Gasteiger partial charge is 0.147 e. The van der Waals surface area contributed by atoms with E-state index in [1.54, 1.807) is 6.20 Å². The van der Waals surface area contributed by atoms with E-state index >= 15 is 0 Å². The van der Waals surface area contributed by atoms with E-state index in [9.17, 15) is 10.2 Å². The van der Waals surface area contributed by atoms with Crippen molar-refractivity contribution in [2.24, 2.45) is 5.41 Å². The van der Waals surface area contributed by atoms with Crippen LogP contribution in [0.3, 0.4) is 0 Å². The molecule has 0 aliphatic carbocycles. The van der Waals surface area contributed by atoms with Crippen LogP contribution in [0.5, 0.6) is 0 Å². The molecule has 0 unspecified atom stereocenters. The van der Waals surface area contributed by atoms with Gasteiger partial charge in [0.1, 0.15) is 5.82 Å². The van der Waals surface area contributed by atoms with Crippen molar-refractivity contribution in [3.63, 3.8) is 0 Å². The lowest BCUT2D eigenvalue weighted by Gasteiger charge is -2.48. The molecular formula is C13H14BrN3O2. The van der Waals surface area contributed by atoms with Gasteiger partial charge >= 0.3 is 0 Å². The van der Waals surface area contributed by atoms with Gasteiger partial charge in [0, 0.05) is 17.6 Å². The lowest BCUT2D eigenvalue weighted by molar-refractivity contribution is 0.0302. The van der Waals surface area contributed by atoms with Crippen LogP contribution in [0.2, 0.25) is 0 Å². The first-order valence-electron chi connectivity index (χ1n) is 6.05. The van der Waals surface area contributed by atoms with Gasteiger partial charge in [-0.05, 0) is 18.2 Å². The molecule has 1 aromatic carbocycles. The average molecular weight is 324 g/mol. The highest BCUT2D eigenvalue weighted by Gasteiger charge is 2.42. The number of anilines is 1. The Morgan fingerprint density at radius 3 is 2.63 bits per heavy atom. The molecule has 2 aromatic rings. The molecule has 0 saturated carbocycles. The molecule has 0 bridgehead atoms. The van der Waals surface area contributed by atoms with Gasteiger partial charge in [-0.25, -0.2) is 4.98 Å². The van der Waals surface area contributed by atoms with Crippen molar-refractivity contribution in [2.45, 2.75) is 0 Å². The van der Waals surface area contributed by atoms with Crippen molar-refractivity contribution in [3.05, 3.63) is 28.9 Å². The molecule has 19 heavy (non-hydrogen) atoms. The number of hydrogen-bond acceptors (Lipinski definition) is 5. The number of nitrogens with zero attached hydrogens (tertiary/aromatic N) is 3. The third-order valence-corrected chi connectivity index (χ3v) is 4.03. The Bertz CT molecular complexity index is 608. The normalized spacial score (nSPS) is 17.5. The van der Waals surface area contributed by atoms with Crippen molar-refractivity contribution >= 4 is 32.8 Å². The summed E-state index contributed by atoms with van der Waals surface area (Å²) >= 11 is 3.42. The molecule has 2 N–H and O–H groups in total. The molecular weight excluding hydrogens is 310 g/mol. The second kappa shape index (κ2) is 4.70. The van der Waals surface area contributed by atoms with Crippen LogP contribution in [0.15, 0.2) is 28.9 Å². The maximum Gasteiger partial charge on any atom is 0.147 e. The Labute approximate surface area is 119 Å². The first kappa shape index (κ1) is 12.8. The van der Waals surface area contributed by atoms with Gasteiger partial charge in [-0.3, -0.25) is 4.98 Å². The summed E-state index contributed by atoms with van der Waals surface area (Å²) in [4.78, 5) is 11.0. The highest BCUT2D eigenvalue weighted by molar-refractivity contribution is 9.10. The van der Waals surface area contributed by atoms with E-state index in [0.717, 1.165) is 21.3 Å². The molecule has 0 atom stereocenters. The van der Waals surface area contributed by atoms with Crippen LogP contribution in [0, 0.1) is 5.41 Å². The van der Waals surface area contributed by atoms with Crippen LogP contribution in [-0.2, 0) is 0 Å². The summed E-state index contributed by atoms with van der Waals surface area (Å²) in [6.45, 7) is 1.20. The minimum atomic E-state index is -0.395. The molecule has 5 nitrogen and oxygen atoms in total. The second-order valence-corrected chi connectivity index (χ2v) is 5.95. The summed E-state index contributed by atoms with van der Waals surface area (Å²) in [7, 11) is 0. The van der Waals surface area contributed by atoms with E-state index in [1.165, 1.54) is 0 Å². The predicted molar refractivity (Wildman–Crippen MR) is 76.1 cm³/mol. The first-order valence-corrected chi connectivity index (χ1v) is 6.84. The molecule has 100 valence electrons. The van der Waals surface area contributed by atoms with Gasteiger partial charge in [0.15, 0.2) is 0 Å². The van der Waals surface area contributed by atoms with Gasteiger partial charge in [0.2, 0.25) is 0 Å². The molecule has 0 radical (unpaired) electrons. The number of halogens is 1. The summed E-state index contributed by atoms with van der Waals surface area (Å²) in [5, 5.41) is 18.6. The number of aliphatic hydroxyl groups excluding tert-OH is 2. The highest BCUT2D eigenvalue weighted by Crippen LogP contribution is 2.33. The van der Waals surface area contributed by atoms with E-state index in [4.69, 9.17) is 0 Å². The minimum Gasteiger partial charge on any atom is -0.396 e.